The molecule has 0 aliphatic carbocycles. The molecule has 0 radical (unpaired) electrons. The Morgan fingerprint density at radius 3 is 1.73 bits per heavy atom. The Bertz CT molecular complexity index is 4130. The predicted molar refractivity (Wildman–Crippen MR) is 257 cm³/mol. The Labute approximate surface area is 357 Å². The third-order valence-corrected chi connectivity index (χ3v) is 13.7. The molecule has 7 heteroatoms. The largest absolute Gasteiger partial charge is 0.455 e. The van der Waals surface area contributed by atoms with Crippen molar-refractivity contribution in [3.8, 4) is 34.4 Å². The second kappa shape index (κ2) is 12.7. The van der Waals surface area contributed by atoms with Gasteiger partial charge in [-0.1, -0.05) is 127 Å². The molecule has 0 amide bonds. The summed E-state index contributed by atoms with van der Waals surface area (Å²) < 4.78 is 13.8. The zero-order chi connectivity index (χ0) is 40.5. The first kappa shape index (κ1) is 33.7. The van der Waals surface area contributed by atoms with Gasteiger partial charge in [-0.3, -0.25) is 4.57 Å². The van der Waals surface area contributed by atoms with E-state index in [0.717, 1.165) is 77.0 Å². The first-order chi connectivity index (χ1) is 30.7. The van der Waals surface area contributed by atoms with Gasteiger partial charge in [-0.05, 0) is 71.4 Å². The lowest BCUT2D eigenvalue weighted by Crippen LogP contribution is -2.07. The number of hydrogen-bond acceptors (Lipinski definition) is 5. The summed E-state index contributed by atoms with van der Waals surface area (Å²) >= 11 is 1.79. The van der Waals surface area contributed by atoms with Crippen molar-refractivity contribution in [3.63, 3.8) is 0 Å². The second-order valence-corrected chi connectivity index (χ2v) is 17.1. The van der Waals surface area contributed by atoms with Crippen molar-refractivity contribution >= 4 is 108 Å². The zero-order valence-electron chi connectivity index (χ0n) is 33.0. The Kier molecular flexibility index (Phi) is 6.89. The van der Waals surface area contributed by atoms with Gasteiger partial charge < -0.3 is 8.98 Å². The van der Waals surface area contributed by atoms with Gasteiger partial charge in [0.15, 0.2) is 11.6 Å². The van der Waals surface area contributed by atoms with Crippen molar-refractivity contribution < 1.29 is 4.42 Å². The summed E-state index contributed by atoms with van der Waals surface area (Å²) in [5.74, 6) is 1.66. The monoisotopic (exact) mass is 809 g/mol. The first-order valence-electron chi connectivity index (χ1n) is 20.8. The maximum absolute atomic E-state index is 6.86. The van der Waals surface area contributed by atoms with Gasteiger partial charge in [0.25, 0.3) is 0 Å². The van der Waals surface area contributed by atoms with Crippen molar-refractivity contribution in [1.29, 1.82) is 0 Å². The molecule has 0 fully saturated rings. The molecule has 0 aliphatic heterocycles. The smallest absolute Gasteiger partial charge is 0.238 e. The maximum atomic E-state index is 6.86. The van der Waals surface area contributed by atoms with E-state index in [1.807, 2.05) is 12.1 Å². The minimum Gasteiger partial charge on any atom is -0.455 e. The van der Waals surface area contributed by atoms with Gasteiger partial charge in [0.05, 0.1) is 27.6 Å². The second-order valence-electron chi connectivity index (χ2n) is 16.0. The molecular formula is C55H31N5OS. The average molecular weight is 810 g/mol. The highest BCUT2D eigenvalue weighted by Gasteiger charge is 2.24. The van der Waals surface area contributed by atoms with Crippen LogP contribution >= 0.6 is 11.3 Å². The van der Waals surface area contributed by atoms with Gasteiger partial charge in [-0.15, -0.1) is 11.3 Å². The molecular weight excluding hydrogens is 779 g/mol. The molecule has 0 unspecified atom stereocenters. The van der Waals surface area contributed by atoms with Crippen molar-refractivity contribution in [3.05, 3.63) is 188 Å². The SMILES string of the molecule is c1ccc2cc3c(cc2c1)c1ccccc1n3-c1cc(-c2nc(-c3cccc4sc5ccccc5c34)nc(-n3c4ccccc4c4ccccc43)n2)c2oc3ccccc3c2c1. The van der Waals surface area contributed by atoms with E-state index in [-0.39, 0.29) is 0 Å². The average Bonchev–Trinajstić information content (AvgIpc) is 4.08. The zero-order valence-corrected chi connectivity index (χ0v) is 33.8. The van der Waals surface area contributed by atoms with Gasteiger partial charge in [0.2, 0.25) is 5.95 Å². The topological polar surface area (TPSA) is 61.7 Å². The Balaban J connectivity index is 1.12. The van der Waals surface area contributed by atoms with Crippen LogP contribution in [0.15, 0.2) is 192 Å². The molecule has 0 atom stereocenters. The lowest BCUT2D eigenvalue weighted by Gasteiger charge is -2.14. The van der Waals surface area contributed by atoms with Crippen LogP contribution in [0, 0.1) is 0 Å². The van der Waals surface area contributed by atoms with E-state index in [1.54, 1.807) is 11.3 Å². The van der Waals surface area contributed by atoms with Crippen molar-refractivity contribution in [2.45, 2.75) is 0 Å². The summed E-state index contributed by atoms with van der Waals surface area (Å²) in [4.78, 5) is 16.4. The fourth-order valence-electron chi connectivity index (χ4n) is 9.84. The molecule has 5 heterocycles. The lowest BCUT2D eigenvalue weighted by atomic mass is 10.0. The lowest BCUT2D eigenvalue weighted by molar-refractivity contribution is 0.669. The molecule has 288 valence electrons. The van der Waals surface area contributed by atoms with Gasteiger partial charge in [-0.25, -0.2) is 4.98 Å². The third kappa shape index (κ3) is 4.76. The Morgan fingerprint density at radius 1 is 0.387 bits per heavy atom. The molecule has 0 spiro atoms. The number of thiophene rings is 1. The van der Waals surface area contributed by atoms with Crippen LogP contribution in [0.5, 0.6) is 0 Å². The van der Waals surface area contributed by atoms with Gasteiger partial charge in [0, 0.05) is 63.7 Å². The summed E-state index contributed by atoms with van der Waals surface area (Å²) in [5, 5.41) is 11.4. The normalized spacial score (nSPS) is 12.2. The van der Waals surface area contributed by atoms with Crippen molar-refractivity contribution in [2.75, 3.05) is 0 Å². The van der Waals surface area contributed by atoms with Crippen molar-refractivity contribution in [1.82, 2.24) is 24.1 Å². The van der Waals surface area contributed by atoms with E-state index >= 15 is 0 Å². The molecule has 62 heavy (non-hydrogen) atoms. The number of nitrogens with zero attached hydrogens (tertiary/aromatic N) is 5. The maximum Gasteiger partial charge on any atom is 0.238 e. The molecule has 9 aromatic carbocycles. The molecule has 0 N–H and O–H groups in total. The standard InChI is InChI=1S/C55H31N5OS/c1-2-15-33-29-47-41(28-32(33)14-1)37-18-5-8-22-44(37)59(47)34-30-42-38-19-6-11-25-48(38)61-52(42)43(31-34)54-56-53(40-21-13-27-50-51(40)39-20-7-12-26-49(39)62-50)57-55(58-54)60-45-23-9-3-16-35(45)36-17-4-10-24-46(36)60/h1-31H. The molecule has 0 aliphatic rings. The van der Waals surface area contributed by atoms with Crippen LogP contribution in [0.4, 0.5) is 0 Å². The summed E-state index contributed by atoms with van der Waals surface area (Å²) in [6, 6.07) is 66.7. The van der Waals surface area contributed by atoms with Gasteiger partial charge in [-0.2, -0.15) is 9.97 Å². The van der Waals surface area contributed by atoms with Crippen LogP contribution in [0.3, 0.4) is 0 Å². The summed E-state index contributed by atoms with van der Waals surface area (Å²) in [6.07, 6.45) is 0. The number of furan rings is 1. The van der Waals surface area contributed by atoms with Crippen LogP contribution in [0.1, 0.15) is 0 Å². The highest BCUT2D eigenvalue weighted by Crippen LogP contribution is 2.43. The van der Waals surface area contributed by atoms with Crippen LogP contribution in [0.2, 0.25) is 0 Å². The van der Waals surface area contributed by atoms with E-state index in [0.29, 0.717) is 17.6 Å². The molecule has 5 aromatic heterocycles. The third-order valence-electron chi connectivity index (χ3n) is 12.5. The minimum atomic E-state index is 0.528. The van der Waals surface area contributed by atoms with Crippen LogP contribution in [0.25, 0.3) is 131 Å². The van der Waals surface area contributed by atoms with E-state index in [4.69, 9.17) is 19.4 Å². The molecule has 6 nitrogen and oxygen atoms in total. The first-order valence-corrected chi connectivity index (χ1v) is 21.6. The fourth-order valence-corrected chi connectivity index (χ4v) is 11.0. The van der Waals surface area contributed by atoms with Gasteiger partial charge in [0.1, 0.15) is 11.2 Å². The highest BCUT2D eigenvalue weighted by molar-refractivity contribution is 7.25. The number of rotatable bonds is 4. The van der Waals surface area contributed by atoms with Gasteiger partial charge >= 0.3 is 0 Å². The fraction of sp³-hybridized carbons (Fsp3) is 0. The highest BCUT2D eigenvalue weighted by atomic mass is 32.1. The van der Waals surface area contributed by atoms with E-state index in [2.05, 4.69) is 185 Å². The van der Waals surface area contributed by atoms with Crippen LogP contribution in [-0.2, 0) is 0 Å². The van der Waals surface area contributed by atoms with E-state index in [9.17, 15) is 0 Å². The molecule has 0 bridgehead atoms. The molecule has 0 saturated carbocycles. The number of aromatic nitrogens is 5. The summed E-state index contributed by atoms with van der Waals surface area (Å²) in [6.45, 7) is 0. The molecule has 14 rings (SSSR count). The quantitative estimate of drug-likeness (QED) is 0.178. The molecule has 14 aromatic rings. The predicted octanol–water partition coefficient (Wildman–Crippen LogP) is 14.8. The summed E-state index contributed by atoms with van der Waals surface area (Å²) in [5.41, 5.74) is 8.56. The van der Waals surface area contributed by atoms with Crippen molar-refractivity contribution in [2.24, 2.45) is 0 Å². The number of benzene rings is 9. The summed E-state index contributed by atoms with van der Waals surface area (Å²) in [7, 11) is 0. The van der Waals surface area contributed by atoms with E-state index in [1.165, 1.54) is 36.3 Å². The minimum absolute atomic E-state index is 0.528. The number of para-hydroxylation sites is 4. The Morgan fingerprint density at radius 2 is 0.968 bits per heavy atom. The van der Waals surface area contributed by atoms with E-state index < -0.39 is 0 Å². The van der Waals surface area contributed by atoms with Crippen LogP contribution in [-0.4, -0.2) is 24.1 Å². The Hall–Kier alpha value is -8.13. The van der Waals surface area contributed by atoms with Crippen LogP contribution < -0.4 is 0 Å². The number of fused-ring (bicyclic) bond motifs is 13. The molecule has 0 saturated heterocycles. The number of hydrogen-bond donors (Lipinski definition) is 0.